The number of carbonyl (C=O) groups is 1. The summed E-state index contributed by atoms with van der Waals surface area (Å²) in [6, 6.07) is 6.10. The molecule has 1 aromatic carbocycles. The number of fused-ring (bicyclic) bond motifs is 2. The number of benzene rings is 1. The third kappa shape index (κ3) is 5.40. The Morgan fingerprint density at radius 3 is 2.44 bits per heavy atom. The summed E-state index contributed by atoms with van der Waals surface area (Å²) < 4.78 is 52.7. The van der Waals surface area contributed by atoms with Crippen LogP contribution in [0.2, 0.25) is 0 Å². The average molecular weight is 625 g/mol. The van der Waals surface area contributed by atoms with E-state index < -0.39 is 17.6 Å². The van der Waals surface area contributed by atoms with E-state index in [1.165, 1.54) is 12.3 Å². The van der Waals surface area contributed by atoms with Crippen molar-refractivity contribution in [1.29, 1.82) is 0 Å². The maximum Gasteiger partial charge on any atom is 0.450 e. The van der Waals surface area contributed by atoms with Gasteiger partial charge in [-0.25, -0.2) is 4.98 Å². The molecule has 2 fully saturated rings. The topological polar surface area (TPSA) is 102 Å². The van der Waals surface area contributed by atoms with Crippen LogP contribution in [0, 0.1) is 0 Å². The van der Waals surface area contributed by atoms with Crippen molar-refractivity contribution in [3.63, 3.8) is 0 Å². The van der Waals surface area contributed by atoms with E-state index in [9.17, 15) is 22.8 Å². The summed E-state index contributed by atoms with van der Waals surface area (Å²) in [4.78, 5) is 45.4. The average Bonchev–Trinajstić information content (AvgIpc) is 3.56. The SMILES string of the molecule is C=CC(=O)N1C[C@H](C)N(c2nc(OC[C@@H]3CCCN3C)nc3c(=O)n(-c4cn(C)c5ccccc45)c(C(F)(F)F)nc23)[C@@H](C)C1. The van der Waals surface area contributed by atoms with Crippen molar-refractivity contribution in [2.45, 2.75) is 51.0 Å². The number of hydrogen-bond donors (Lipinski definition) is 0. The van der Waals surface area contributed by atoms with Gasteiger partial charge in [0.1, 0.15) is 12.1 Å². The number of rotatable bonds is 6. The van der Waals surface area contributed by atoms with Crippen LogP contribution in [0.25, 0.3) is 27.6 Å². The zero-order valence-electron chi connectivity index (χ0n) is 25.6. The van der Waals surface area contributed by atoms with Gasteiger partial charge in [-0.2, -0.15) is 23.1 Å². The maximum absolute atomic E-state index is 14.8. The number of hydrogen-bond acceptors (Lipinski definition) is 8. The van der Waals surface area contributed by atoms with Crippen molar-refractivity contribution >= 4 is 33.7 Å². The molecule has 45 heavy (non-hydrogen) atoms. The predicted octanol–water partition coefficient (Wildman–Crippen LogP) is 3.77. The Kier molecular flexibility index (Phi) is 7.79. The second-order valence-electron chi connectivity index (χ2n) is 11.9. The van der Waals surface area contributed by atoms with Crippen molar-refractivity contribution in [3.8, 4) is 11.7 Å². The zero-order valence-corrected chi connectivity index (χ0v) is 25.6. The molecule has 1 amide bonds. The number of carbonyl (C=O) groups excluding carboxylic acids is 1. The van der Waals surface area contributed by atoms with Crippen LogP contribution in [0.3, 0.4) is 0 Å². The maximum atomic E-state index is 14.8. The molecule has 4 aromatic rings. The first kappa shape index (κ1) is 30.6. The molecule has 238 valence electrons. The summed E-state index contributed by atoms with van der Waals surface area (Å²) in [5, 5.41) is 0.453. The standard InChI is InChI=1S/C31H35F3N8O3/c1-6-24(43)40-14-18(2)41(19(3)15-40)27-25-26(36-30(37-27)45-17-20-10-9-13-38(20)4)28(44)42(29(35-25)31(32,33)34)23-16-39(5)22-12-8-7-11-21(22)23/h6-8,11-12,16,18-20H,1,9-10,13-15,17H2,2-5H3/t18-,19-,20-/m0/s1. The van der Waals surface area contributed by atoms with Crippen molar-refractivity contribution in [2.24, 2.45) is 7.05 Å². The lowest BCUT2D eigenvalue weighted by atomic mass is 10.1. The van der Waals surface area contributed by atoms with Crippen LogP contribution in [-0.2, 0) is 18.0 Å². The van der Waals surface area contributed by atoms with Gasteiger partial charge in [0.05, 0.1) is 5.69 Å². The molecule has 3 atom stereocenters. The summed E-state index contributed by atoms with van der Waals surface area (Å²) in [7, 11) is 3.69. The van der Waals surface area contributed by atoms with Gasteiger partial charge in [-0.1, -0.05) is 24.8 Å². The number of aryl methyl sites for hydroxylation is 1. The van der Waals surface area contributed by atoms with Crippen LogP contribution in [0.5, 0.6) is 6.01 Å². The van der Waals surface area contributed by atoms with Gasteiger partial charge in [-0.15, -0.1) is 0 Å². The molecule has 0 bridgehead atoms. The monoisotopic (exact) mass is 624 g/mol. The number of aromatic nitrogens is 5. The van der Waals surface area contributed by atoms with E-state index in [0.717, 1.165) is 19.4 Å². The van der Waals surface area contributed by atoms with Crippen molar-refractivity contribution < 1.29 is 22.7 Å². The van der Waals surface area contributed by atoms with E-state index in [-0.39, 0.29) is 72.3 Å². The number of anilines is 1. The lowest BCUT2D eigenvalue weighted by molar-refractivity contribution is -0.146. The molecule has 0 aliphatic carbocycles. The number of likely N-dealkylation sites (tertiary alicyclic amines) is 1. The highest BCUT2D eigenvalue weighted by Gasteiger charge is 2.41. The first-order valence-electron chi connectivity index (χ1n) is 14.9. The minimum atomic E-state index is -4.99. The molecule has 5 heterocycles. The molecule has 2 aliphatic heterocycles. The molecule has 6 rings (SSSR count). The lowest BCUT2D eigenvalue weighted by Crippen LogP contribution is -2.58. The molecule has 2 aliphatic rings. The highest BCUT2D eigenvalue weighted by atomic mass is 19.4. The molecular formula is C31H35F3N8O3. The molecule has 0 unspecified atom stereocenters. The van der Waals surface area contributed by atoms with Gasteiger partial charge in [0.15, 0.2) is 11.3 Å². The first-order chi connectivity index (χ1) is 21.4. The zero-order chi connectivity index (χ0) is 32.2. The summed E-state index contributed by atoms with van der Waals surface area (Å²) >= 11 is 0. The van der Waals surface area contributed by atoms with E-state index in [0.29, 0.717) is 15.5 Å². The summed E-state index contributed by atoms with van der Waals surface area (Å²) in [6.45, 7) is 8.94. The summed E-state index contributed by atoms with van der Waals surface area (Å²) in [5.74, 6) is -1.59. The number of para-hydroxylation sites is 1. The molecule has 0 radical (unpaired) electrons. The molecular weight excluding hydrogens is 589 g/mol. The normalized spacial score (nSPS) is 21.2. The molecule has 3 aromatic heterocycles. The summed E-state index contributed by atoms with van der Waals surface area (Å²) in [6.07, 6.45) is -0.361. The number of nitrogens with zero attached hydrogens (tertiary/aromatic N) is 8. The van der Waals surface area contributed by atoms with Gasteiger partial charge < -0.3 is 24.0 Å². The quantitative estimate of drug-likeness (QED) is 0.299. The number of piperazine rings is 1. The fraction of sp³-hybridized carbons (Fsp3) is 0.452. The van der Waals surface area contributed by atoms with E-state index in [1.807, 2.05) is 20.9 Å². The molecule has 0 spiro atoms. The fourth-order valence-electron chi connectivity index (χ4n) is 6.60. The van der Waals surface area contributed by atoms with Crippen LogP contribution in [0.15, 0.2) is 47.9 Å². The van der Waals surface area contributed by atoms with Crippen LogP contribution < -0.4 is 15.2 Å². The Balaban J connectivity index is 1.58. The van der Waals surface area contributed by atoms with Gasteiger partial charge in [0.2, 0.25) is 11.7 Å². The second-order valence-corrected chi connectivity index (χ2v) is 11.9. The van der Waals surface area contributed by atoms with Gasteiger partial charge in [-0.05, 0) is 52.4 Å². The van der Waals surface area contributed by atoms with Crippen LogP contribution in [-0.4, -0.2) is 91.2 Å². The van der Waals surface area contributed by atoms with Gasteiger partial charge >= 0.3 is 12.2 Å². The van der Waals surface area contributed by atoms with E-state index in [1.54, 1.807) is 45.7 Å². The van der Waals surface area contributed by atoms with Crippen molar-refractivity contribution in [2.75, 3.05) is 38.2 Å². The van der Waals surface area contributed by atoms with Crippen molar-refractivity contribution in [3.05, 3.63) is 59.3 Å². The number of alkyl halides is 3. The minimum absolute atomic E-state index is 0.0355. The largest absolute Gasteiger partial charge is 0.462 e. The molecule has 0 N–H and O–H groups in total. The van der Waals surface area contributed by atoms with E-state index in [4.69, 9.17) is 4.74 Å². The fourth-order valence-corrected chi connectivity index (χ4v) is 6.60. The van der Waals surface area contributed by atoms with E-state index >= 15 is 0 Å². The van der Waals surface area contributed by atoms with Gasteiger partial charge in [-0.3, -0.25) is 14.2 Å². The number of halogens is 3. The summed E-state index contributed by atoms with van der Waals surface area (Å²) in [5.41, 5.74) is -0.879. The Morgan fingerprint density at radius 1 is 1.09 bits per heavy atom. The number of ether oxygens (including phenoxy) is 1. The number of amides is 1. The molecule has 0 saturated carbocycles. The first-order valence-corrected chi connectivity index (χ1v) is 14.9. The van der Waals surface area contributed by atoms with Crippen LogP contribution >= 0.6 is 0 Å². The number of likely N-dealkylation sites (N-methyl/N-ethyl adjacent to an activating group) is 1. The predicted molar refractivity (Wildman–Crippen MR) is 164 cm³/mol. The Labute approximate surface area is 257 Å². The van der Waals surface area contributed by atoms with E-state index in [2.05, 4.69) is 26.4 Å². The third-order valence-electron chi connectivity index (χ3n) is 8.78. The van der Waals surface area contributed by atoms with Crippen LogP contribution in [0.1, 0.15) is 32.5 Å². The molecule has 14 heteroatoms. The van der Waals surface area contributed by atoms with Crippen LogP contribution in [0.4, 0.5) is 19.0 Å². The Hall–Kier alpha value is -4.46. The molecule has 11 nitrogen and oxygen atoms in total. The highest BCUT2D eigenvalue weighted by molar-refractivity contribution is 5.91. The smallest absolute Gasteiger partial charge is 0.450 e. The third-order valence-corrected chi connectivity index (χ3v) is 8.78. The minimum Gasteiger partial charge on any atom is -0.462 e. The second kappa shape index (κ2) is 11.5. The Morgan fingerprint density at radius 2 is 1.80 bits per heavy atom. The highest BCUT2D eigenvalue weighted by Crippen LogP contribution is 2.35. The Bertz CT molecular complexity index is 1840. The van der Waals surface area contributed by atoms with Gasteiger partial charge in [0, 0.05) is 55.4 Å². The van der Waals surface area contributed by atoms with Gasteiger partial charge in [0.25, 0.3) is 5.56 Å². The molecule has 2 saturated heterocycles. The van der Waals surface area contributed by atoms with Crippen molar-refractivity contribution in [1.82, 2.24) is 33.9 Å². The lowest BCUT2D eigenvalue weighted by Gasteiger charge is -2.45.